The van der Waals surface area contributed by atoms with Gasteiger partial charge in [0, 0.05) is 5.69 Å². The second kappa shape index (κ2) is 2.69. The SMILES string of the molecule is Cc1cc(N)c2nc(N)[nH]c(=O)c2n1. The highest BCUT2D eigenvalue weighted by atomic mass is 16.1. The molecule has 0 radical (unpaired) electrons. The molecule has 0 amide bonds. The molecule has 0 aromatic carbocycles. The number of anilines is 2. The number of aromatic amines is 1. The fraction of sp³-hybridized carbons (Fsp3) is 0.125. The van der Waals surface area contributed by atoms with Crippen molar-refractivity contribution in [3.8, 4) is 0 Å². The van der Waals surface area contributed by atoms with Crippen molar-refractivity contribution in [3.05, 3.63) is 22.1 Å². The van der Waals surface area contributed by atoms with Crippen LogP contribution in [0.5, 0.6) is 0 Å². The molecule has 2 aromatic heterocycles. The van der Waals surface area contributed by atoms with E-state index in [0.29, 0.717) is 16.9 Å². The first-order valence-electron chi connectivity index (χ1n) is 4.00. The molecule has 0 saturated carbocycles. The fourth-order valence-electron chi connectivity index (χ4n) is 1.29. The lowest BCUT2D eigenvalue weighted by Crippen LogP contribution is -2.14. The van der Waals surface area contributed by atoms with Gasteiger partial charge in [-0.1, -0.05) is 0 Å². The van der Waals surface area contributed by atoms with Crippen LogP contribution in [0.1, 0.15) is 5.69 Å². The molecule has 2 heterocycles. The highest BCUT2D eigenvalue weighted by Crippen LogP contribution is 2.15. The molecule has 2 rings (SSSR count). The van der Waals surface area contributed by atoms with Gasteiger partial charge in [0.15, 0.2) is 5.52 Å². The number of hydrogen-bond donors (Lipinski definition) is 3. The zero-order chi connectivity index (χ0) is 10.3. The van der Waals surface area contributed by atoms with Crippen molar-refractivity contribution in [2.75, 3.05) is 11.5 Å². The number of fused-ring (bicyclic) bond motifs is 1. The van der Waals surface area contributed by atoms with Gasteiger partial charge in [-0.05, 0) is 13.0 Å². The van der Waals surface area contributed by atoms with E-state index in [1.165, 1.54) is 0 Å². The molecule has 0 aliphatic rings. The van der Waals surface area contributed by atoms with Crippen LogP contribution >= 0.6 is 0 Å². The zero-order valence-electron chi connectivity index (χ0n) is 7.53. The fourth-order valence-corrected chi connectivity index (χ4v) is 1.29. The van der Waals surface area contributed by atoms with Crippen LogP contribution in [0, 0.1) is 6.92 Å². The van der Waals surface area contributed by atoms with Crippen molar-refractivity contribution in [2.24, 2.45) is 0 Å². The molecule has 0 fully saturated rings. The summed E-state index contributed by atoms with van der Waals surface area (Å²) in [6.07, 6.45) is 0. The van der Waals surface area contributed by atoms with Gasteiger partial charge in [-0.15, -0.1) is 0 Å². The molecule has 0 aliphatic carbocycles. The predicted molar refractivity (Wildman–Crippen MR) is 53.7 cm³/mol. The van der Waals surface area contributed by atoms with Gasteiger partial charge < -0.3 is 11.5 Å². The van der Waals surface area contributed by atoms with Gasteiger partial charge >= 0.3 is 0 Å². The lowest BCUT2D eigenvalue weighted by atomic mass is 10.3. The first-order chi connectivity index (χ1) is 6.58. The van der Waals surface area contributed by atoms with Crippen molar-refractivity contribution < 1.29 is 0 Å². The van der Waals surface area contributed by atoms with Crippen molar-refractivity contribution in [2.45, 2.75) is 6.92 Å². The van der Waals surface area contributed by atoms with Crippen LogP contribution in [0.15, 0.2) is 10.9 Å². The van der Waals surface area contributed by atoms with E-state index in [1.54, 1.807) is 13.0 Å². The molecule has 72 valence electrons. The average molecular weight is 191 g/mol. The Bertz CT molecular complexity index is 559. The van der Waals surface area contributed by atoms with Crippen molar-refractivity contribution >= 4 is 22.7 Å². The molecule has 0 aliphatic heterocycles. The largest absolute Gasteiger partial charge is 0.397 e. The van der Waals surface area contributed by atoms with E-state index >= 15 is 0 Å². The summed E-state index contributed by atoms with van der Waals surface area (Å²) in [5.74, 6) is 0.0415. The molecule has 0 saturated heterocycles. The molecule has 0 atom stereocenters. The standard InChI is InChI=1S/C8H9N5O/c1-3-2-4(9)5-6(11-3)7(14)13-8(10)12-5/h2H,1H3,(H2,9,11)(H3,10,12,13,14). The number of nitrogen functional groups attached to an aromatic ring is 2. The second-order valence-electron chi connectivity index (χ2n) is 3.00. The van der Waals surface area contributed by atoms with Crippen LogP contribution in [0.2, 0.25) is 0 Å². The molecule has 0 unspecified atom stereocenters. The maximum absolute atomic E-state index is 11.4. The Hall–Kier alpha value is -2.11. The zero-order valence-corrected chi connectivity index (χ0v) is 7.53. The minimum atomic E-state index is -0.372. The summed E-state index contributed by atoms with van der Waals surface area (Å²) in [4.78, 5) is 21.7. The Labute approximate surface area is 79.0 Å². The number of aromatic nitrogens is 3. The number of aryl methyl sites for hydroxylation is 1. The number of nitrogens with two attached hydrogens (primary N) is 2. The molecule has 2 aromatic rings. The highest BCUT2D eigenvalue weighted by molar-refractivity contribution is 5.86. The summed E-state index contributed by atoms with van der Waals surface area (Å²) in [5.41, 5.74) is 12.3. The van der Waals surface area contributed by atoms with E-state index < -0.39 is 0 Å². The lowest BCUT2D eigenvalue weighted by molar-refractivity contribution is 1.14. The van der Waals surface area contributed by atoms with Crippen LogP contribution < -0.4 is 17.0 Å². The molecular formula is C8H9N5O. The van der Waals surface area contributed by atoms with E-state index in [4.69, 9.17) is 11.5 Å². The van der Waals surface area contributed by atoms with Gasteiger partial charge in [0.05, 0.1) is 5.69 Å². The van der Waals surface area contributed by atoms with Crippen molar-refractivity contribution in [3.63, 3.8) is 0 Å². The Balaban J connectivity index is 3.02. The smallest absolute Gasteiger partial charge is 0.278 e. The maximum atomic E-state index is 11.4. The average Bonchev–Trinajstić information content (AvgIpc) is 2.07. The Morgan fingerprint density at radius 1 is 1.29 bits per heavy atom. The third-order valence-electron chi connectivity index (χ3n) is 1.84. The normalized spacial score (nSPS) is 10.6. The van der Waals surface area contributed by atoms with Crippen LogP contribution in [0.4, 0.5) is 11.6 Å². The number of hydrogen-bond acceptors (Lipinski definition) is 5. The molecule has 0 bridgehead atoms. The number of nitrogens with zero attached hydrogens (tertiary/aromatic N) is 2. The summed E-state index contributed by atoms with van der Waals surface area (Å²) in [6.45, 7) is 1.76. The first-order valence-corrected chi connectivity index (χ1v) is 4.00. The van der Waals surface area contributed by atoms with E-state index in [-0.39, 0.29) is 17.0 Å². The topological polar surface area (TPSA) is 111 Å². The van der Waals surface area contributed by atoms with Gasteiger partial charge in [-0.25, -0.2) is 9.97 Å². The lowest BCUT2D eigenvalue weighted by Gasteiger charge is -2.02. The summed E-state index contributed by atoms with van der Waals surface area (Å²) in [5, 5.41) is 0. The molecule has 14 heavy (non-hydrogen) atoms. The Morgan fingerprint density at radius 3 is 2.71 bits per heavy atom. The molecule has 5 N–H and O–H groups in total. The molecule has 6 heteroatoms. The quantitative estimate of drug-likeness (QED) is 0.533. The van der Waals surface area contributed by atoms with Gasteiger partial charge in [0.2, 0.25) is 5.95 Å². The molecule has 6 nitrogen and oxygen atoms in total. The highest BCUT2D eigenvalue weighted by Gasteiger charge is 2.07. The Kier molecular flexibility index (Phi) is 1.63. The summed E-state index contributed by atoms with van der Waals surface area (Å²) in [6, 6.07) is 1.65. The molecule has 0 spiro atoms. The van der Waals surface area contributed by atoms with Crippen molar-refractivity contribution in [1.29, 1.82) is 0 Å². The van der Waals surface area contributed by atoms with E-state index in [2.05, 4.69) is 15.0 Å². The predicted octanol–water partition coefficient (Wildman–Crippen LogP) is -0.209. The number of rotatable bonds is 0. The Morgan fingerprint density at radius 2 is 2.00 bits per heavy atom. The number of pyridine rings is 1. The van der Waals surface area contributed by atoms with Crippen LogP contribution in [-0.4, -0.2) is 15.0 Å². The van der Waals surface area contributed by atoms with Crippen molar-refractivity contribution in [1.82, 2.24) is 15.0 Å². The molecular weight excluding hydrogens is 182 g/mol. The van der Waals surface area contributed by atoms with E-state index in [1.807, 2.05) is 0 Å². The third-order valence-corrected chi connectivity index (χ3v) is 1.84. The maximum Gasteiger partial charge on any atom is 0.278 e. The van der Waals surface area contributed by atoms with Gasteiger partial charge in [0.25, 0.3) is 5.56 Å². The van der Waals surface area contributed by atoms with E-state index in [9.17, 15) is 4.79 Å². The second-order valence-corrected chi connectivity index (χ2v) is 3.00. The van der Waals surface area contributed by atoms with Gasteiger partial charge in [0.1, 0.15) is 5.52 Å². The van der Waals surface area contributed by atoms with Gasteiger partial charge in [-0.3, -0.25) is 9.78 Å². The van der Waals surface area contributed by atoms with E-state index in [0.717, 1.165) is 0 Å². The minimum Gasteiger partial charge on any atom is -0.397 e. The van der Waals surface area contributed by atoms with Crippen LogP contribution in [0.3, 0.4) is 0 Å². The monoisotopic (exact) mass is 191 g/mol. The first kappa shape index (κ1) is 8.49. The number of H-pyrrole nitrogens is 1. The third kappa shape index (κ3) is 1.17. The minimum absolute atomic E-state index is 0.0415. The summed E-state index contributed by atoms with van der Waals surface area (Å²) in [7, 11) is 0. The van der Waals surface area contributed by atoms with Gasteiger partial charge in [-0.2, -0.15) is 0 Å². The number of nitrogens with one attached hydrogen (secondary N) is 1. The summed E-state index contributed by atoms with van der Waals surface area (Å²) >= 11 is 0. The van der Waals surface area contributed by atoms with Crippen LogP contribution in [-0.2, 0) is 0 Å². The van der Waals surface area contributed by atoms with Crippen LogP contribution in [0.25, 0.3) is 11.0 Å². The summed E-state index contributed by atoms with van der Waals surface area (Å²) < 4.78 is 0.